The third kappa shape index (κ3) is 4.33. The summed E-state index contributed by atoms with van der Waals surface area (Å²) in [6, 6.07) is 17.8. The summed E-state index contributed by atoms with van der Waals surface area (Å²) in [5, 5.41) is 0. The van der Waals surface area contributed by atoms with Crippen molar-refractivity contribution in [1.82, 2.24) is 0 Å². The molecule has 1 aliphatic rings. The van der Waals surface area contributed by atoms with Crippen molar-refractivity contribution >= 4 is 17.0 Å². The molecule has 0 saturated heterocycles. The highest BCUT2D eigenvalue weighted by Gasteiger charge is 2.13. The van der Waals surface area contributed by atoms with E-state index in [4.69, 9.17) is 0 Å². The molecule has 2 aromatic carbocycles. The molecular formula is C26H31N2+. The molecule has 1 aliphatic carbocycles. The molecule has 0 unspecified atom stereocenters. The Bertz CT molecular complexity index is 875. The second-order valence-electron chi connectivity index (χ2n) is 8.03. The van der Waals surface area contributed by atoms with E-state index in [0.29, 0.717) is 5.92 Å². The largest absolute Gasteiger partial charge is 0.378 e. The molecule has 0 N–H and O–H groups in total. The van der Waals surface area contributed by atoms with E-state index in [9.17, 15) is 0 Å². The van der Waals surface area contributed by atoms with Gasteiger partial charge in [-0.05, 0) is 58.0 Å². The number of hydrogen-bond acceptors (Lipinski definition) is 1. The predicted molar refractivity (Wildman–Crippen MR) is 123 cm³/mol. The number of anilines is 1. The van der Waals surface area contributed by atoms with Crippen LogP contribution in [0.5, 0.6) is 0 Å². The summed E-state index contributed by atoms with van der Waals surface area (Å²) in [7, 11) is 8.29. The van der Waals surface area contributed by atoms with Gasteiger partial charge in [-0.15, -0.1) is 0 Å². The molecular weight excluding hydrogens is 340 g/mol. The van der Waals surface area contributed by atoms with Gasteiger partial charge >= 0.3 is 0 Å². The summed E-state index contributed by atoms with van der Waals surface area (Å²) >= 11 is 0. The Balaban J connectivity index is 2.12. The second-order valence-corrected chi connectivity index (χ2v) is 8.03. The number of hydrogen-bond donors (Lipinski definition) is 0. The fourth-order valence-corrected chi connectivity index (χ4v) is 3.39. The van der Waals surface area contributed by atoms with Crippen molar-refractivity contribution in [2.75, 3.05) is 33.1 Å². The Morgan fingerprint density at radius 3 is 1.68 bits per heavy atom. The van der Waals surface area contributed by atoms with Crippen LogP contribution in [0.15, 0.2) is 78.4 Å². The van der Waals surface area contributed by atoms with E-state index in [1.54, 1.807) is 0 Å². The first kappa shape index (κ1) is 19.9. The highest BCUT2D eigenvalue weighted by atomic mass is 15.1. The number of nitrogens with zero attached hydrogens (tertiary/aromatic N) is 2. The van der Waals surface area contributed by atoms with Crippen molar-refractivity contribution in [1.29, 1.82) is 0 Å². The average molecular weight is 372 g/mol. The first-order chi connectivity index (χ1) is 13.4. The quantitative estimate of drug-likeness (QED) is 0.642. The van der Waals surface area contributed by atoms with Gasteiger partial charge in [0.1, 0.15) is 14.1 Å². The molecule has 0 amide bonds. The van der Waals surface area contributed by atoms with Gasteiger partial charge in [0, 0.05) is 31.9 Å². The zero-order valence-electron chi connectivity index (χ0n) is 17.9. The smallest absolute Gasteiger partial charge is 0.199 e. The van der Waals surface area contributed by atoms with Crippen molar-refractivity contribution < 1.29 is 4.58 Å². The molecule has 0 bridgehead atoms. The first-order valence-corrected chi connectivity index (χ1v) is 9.89. The Labute approximate surface area is 169 Å². The summed E-state index contributed by atoms with van der Waals surface area (Å²) in [5.74, 6) is 0.538. The van der Waals surface area contributed by atoms with Crippen LogP contribution in [-0.4, -0.2) is 38.5 Å². The van der Waals surface area contributed by atoms with Crippen LogP contribution < -0.4 is 4.90 Å². The van der Waals surface area contributed by atoms with E-state index in [2.05, 4.69) is 124 Å². The van der Waals surface area contributed by atoms with E-state index in [0.717, 1.165) is 0 Å². The lowest BCUT2D eigenvalue weighted by molar-refractivity contribution is -0.462. The Morgan fingerprint density at radius 1 is 0.750 bits per heavy atom. The van der Waals surface area contributed by atoms with E-state index < -0.39 is 0 Å². The first-order valence-electron chi connectivity index (χ1n) is 9.89. The lowest BCUT2D eigenvalue weighted by Gasteiger charge is -2.17. The molecule has 0 aliphatic heterocycles. The maximum absolute atomic E-state index is 2.25. The summed E-state index contributed by atoms with van der Waals surface area (Å²) < 4.78 is 2.13. The van der Waals surface area contributed by atoms with Gasteiger partial charge in [0.15, 0.2) is 5.71 Å². The van der Waals surface area contributed by atoms with Crippen molar-refractivity contribution in [3.63, 3.8) is 0 Å². The van der Waals surface area contributed by atoms with Crippen LogP contribution in [0.25, 0.3) is 5.57 Å². The van der Waals surface area contributed by atoms with Crippen LogP contribution in [0.3, 0.4) is 0 Å². The number of benzene rings is 2. The van der Waals surface area contributed by atoms with Gasteiger partial charge in [0.2, 0.25) is 0 Å². The molecule has 0 spiro atoms. The van der Waals surface area contributed by atoms with Gasteiger partial charge in [0.25, 0.3) is 0 Å². The van der Waals surface area contributed by atoms with Crippen LogP contribution in [0.4, 0.5) is 5.69 Å². The van der Waals surface area contributed by atoms with Gasteiger partial charge in [-0.25, -0.2) is 4.58 Å². The van der Waals surface area contributed by atoms with E-state index in [1.807, 2.05) is 0 Å². The van der Waals surface area contributed by atoms with E-state index in [-0.39, 0.29) is 0 Å². The highest BCUT2D eigenvalue weighted by molar-refractivity contribution is 6.03. The molecule has 144 valence electrons. The van der Waals surface area contributed by atoms with Gasteiger partial charge in [-0.2, -0.15) is 0 Å². The molecule has 0 heterocycles. The molecule has 0 fully saturated rings. The van der Waals surface area contributed by atoms with Crippen molar-refractivity contribution in [2.45, 2.75) is 19.8 Å². The summed E-state index contributed by atoms with van der Waals surface area (Å²) in [5.41, 5.74) is 8.78. The molecule has 0 saturated carbocycles. The lowest BCUT2D eigenvalue weighted by atomic mass is 9.89. The molecule has 28 heavy (non-hydrogen) atoms. The van der Waals surface area contributed by atoms with Crippen LogP contribution in [-0.2, 0) is 0 Å². The minimum Gasteiger partial charge on any atom is -0.378 e. The van der Waals surface area contributed by atoms with Crippen LogP contribution in [0.1, 0.15) is 36.5 Å². The van der Waals surface area contributed by atoms with Gasteiger partial charge in [-0.1, -0.05) is 50.2 Å². The van der Waals surface area contributed by atoms with Crippen molar-refractivity contribution in [2.24, 2.45) is 0 Å². The zero-order valence-corrected chi connectivity index (χ0v) is 17.9. The summed E-state index contributed by atoms with van der Waals surface area (Å²) in [6.07, 6.45) is 8.82. The Morgan fingerprint density at radius 2 is 1.25 bits per heavy atom. The maximum Gasteiger partial charge on any atom is 0.199 e. The SMILES string of the molecule is CC(C)c1ccc(C(=C2C=CC(=[N+](C)C)C=C2)c2ccc(N(C)C)cc2)cc1. The summed E-state index contributed by atoms with van der Waals surface area (Å²) in [4.78, 5) is 2.13. The standard InChI is InChI=1S/C26H31N2/c1-19(2)20-7-9-21(10-8-20)26(22-11-15-24(16-12-22)27(3)4)23-13-17-25(18-14-23)28(5)6/h7-19H,1-6H3/q+1. The number of allylic oxidation sites excluding steroid dienone is 5. The van der Waals surface area contributed by atoms with Crippen LogP contribution in [0.2, 0.25) is 0 Å². The minimum atomic E-state index is 0.538. The molecule has 0 atom stereocenters. The fourth-order valence-electron chi connectivity index (χ4n) is 3.39. The summed E-state index contributed by atoms with van der Waals surface area (Å²) in [6.45, 7) is 4.47. The maximum atomic E-state index is 2.25. The third-order valence-corrected chi connectivity index (χ3v) is 5.21. The van der Waals surface area contributed by atoms with Gasteiger partial charge < -0.3 is 4.90 Å². The van der Waals surface area contributed by atoms with E-state index in [1.165, 1.54) is 39.2 Å². The third-order valence-electron chi connectivity index (χ3n) is 5.21. The average Bonchev–Trinajstić information content (AvgIpc) is 2.69. The van der Waals surface area contributed by atoms with Crippen LogP contribution in [0, 0.1) is 0 Å². The molecule has 0 aromatic heterocycles. The lowest BCUT2D eigenvalue weighted by Crippen LogP contribution is -2.10. The molecule has 2 nitrogen and oxygen atoms in total. The van der Waals surface area contributed by atoms with Gasteiger partial charge in [0.05, 0.1) is 0 Å². The van der Waals surface area contributed by atoms with Crippen molar-refractivity contribution in [3.8, 4) is 0 Å². The normalized spacial score (nSPS) is 13.2. The van der Waals surface area contributed by atoms with Gasteiger partial charge in [-0.3, -0.25) is 0 Å². The minimum absolute atomic E-state index is 0.538. The van der Waals surface area contributed by atoms with Crippen LogP contribution >= 0.6 is 0 Å². The molecule has 2 heteroatoms. The fraction of sp³-hybridized carbons (Fsp3) is 0.269. The van der Waals surface area contributed by atoms with E-state index >= 15 is 0 Å². The topological polar surface area (TPSA) is 6.25 Å². The second kappa shape index (κ2) is 8.43. The Hall–Kier alpha value is -2.87. The molecule has 0 radical (unpaired) electrons. The number of rotatable bonds is 4. The Kier molecular flexibility index (Phi) is 5.99. The predicted octanol–water partition coefficient (Wildman–Crippen LogP) is 5.52. The van der Waals surface area contributed by atoms with Crippen molar-refractivity contribution in [3.05, 3.63) is 95.1 Å². The monoisotopic (exact) mass is 371 g/mol. The molecule has 2 aromatic rings. The highest BCUT2D eigenvalue weighted by Crippen LogP contribution is 2.31. The zero-order chi connectivity index (χ0) is 20.3. The molecule has 3 rings (SSSR count).